The van der Waals surface area contributed by atoms with Crippen LogP contribution in [0.15, 0.2) is 42.6 Å². The fraction of sp³-hybridized carbons (Fsp3) is 0.458. The number of nitrogens with zero attached hydrogens (tertiary/aromatic N) is 2. The van der Waals surface area contributed by atoms with Gasteiger partial charge in [-0.05, 0) is 68.4 Å². The van der Waals surface area contributed by atoms with Crippen molar-refractivity contribution < 1.29 is 9.59 Å². The molecule has 2 aliphatic carbocycles. The Labute approximate surface area is 188 Å². The first-order valence-corrected chi connectivity index (χ1v) is 11.3. The summed E-state index contributed by atoms with van der Waals surface area (Å²) in [7, 11) is 0. The SMILES string of the molecule is CC(=O)Nc1ccc(C(=O)N(C2CC2)C2CCC(CN)(c3cccc(Cl)c3)CC2)cn1. The maximum Gasteiger partial charge on any atom is 0.255 e. The molecule has 2 aromatic rings. The predicted octanol–water partition coefficient (Wildman–Crippen LogP) is 4.14. The maximum atomic E-state index is 13.4. The number of pyridine rings is 1. The van der Waals surface area contributed by atoms with E-state index in [1.165, 1.54) is 12.5 Å². The molecule has 0 saturated heterocycles. The molecule has 164 valence electrons. The molecule has 0 aliphatic heterocycles. The number of nitrogens with one attached hydrogen (secondary N) is 1. The first-order chi connectivity index (χ1) is 14.9. The van der Waals surface area contributed by atoms with Crippen molar-refractivity contribution in [1.82, 2.24) is 9.88 Å². The number of anilines is 1. The van der Waals surface area contributed by atoms with E-state index in [0.29, 0.717) is 24.0 Å². The summed E-state index contributed by atoms with van der Waals surface area (Å²) >= 11 is 6.24. The minimum atomic E-state index is -0.184. The molecule has 0 spiro atoms. The molecule has 2 fully saturated rings. The normalized spacial score (nSPS) is 23.3. The van der Waals surface area contributed by atoms with Gasteiger partial charge in [-0.25, -0.2) is 4.98 Å². The number of carbonyl (C=O) groups is 2. The van der Waals surface area contributed by atoms with Crippen LogP contribution in [-0.4, -0.2) is 40.3 Å². The second kappa shape index (κ2) is 8.97. The molecule has 0 bridgehead atoms. The molecule has 2 saturated carbocycles. The molecule has 0 radical (unpaired) electrons. The summed E-state index contributed by atoms with van der Waals surface area (Å²) in [5.74, 6) is 0.294. The molecule has 1 aromatic carbocycles. The number of benzene rings is 1. The number of carbonyl (C=O) groups excluding carboxylic acids is 2. The van der Waals surface area contributed by atoms with E-state index in [2.05, 4.69) is 21.3 Å². The average Bonchev–Trinajstić information content (AvgIpc) is 3.60. The van der Waals surface area contributed by atoms with Crippen LogP contribution in [0, 0.1) is 0 Å². The number of hydrogen-bond donors (Lipinski definition) is 2. The lowest BCUT2D eigenvalue weighted by Gasteiger charge is -2.44. The third kappa shape index (κ3) is 4.75. The van der Waals surface area contributed by atoms with Crippen molar-refractivity contribution in [1.29, 1.82) is 0 Å². The van der Waals surface area contributed by atoms with E-state index in [1.807, 2.05) is 18.2 Å². The molecular weight excluding hydrogens is 412 g/mol. The lowest BCUT2D eigenvalue weighted by molar-refractivity contribution is -0.114. The van der Waals surface area contributed by atoms with Crippen LogP contribution < -0.4 is 11.1 Å². The fourth-order valence-corrected chi connectivity index (χ4v) is 4.96. The van der Waals surface area contributed by atoms with Crippen molar-refractivity contribution in [2.24, 2.45) is 5.73 Å². The van der Waals surface area contributed by atoms with Crippen LogP contribution >= 0.6 is 11.6 Å². The minimum Gasteiger partial charge on any atom is -0.333 e. The Bertz CT molecular complexity index is 950. The van der Waals surface area contributed by atoms with Crippen molar-refractivity contribution in [3.8, 4) is 0 Å². The third-order valence-corrected chi connectivity index (χ3v) is 6.86. The van der Waals surface area contributed by atoms with Crippen molar-refractivity contribution >= 4 is 29.2 Å². The van der Waals surface area contributed by atoms with Crippen molar-refractivity contribution in [2.45, 2.75) is 62.9 Å². The summed E-state index contributed by atoms with van der Waals surface area (Å²) in [6.45, 7) is 2.01. The van der Waals surface area contributed by atoms with Crippen LogP contribution in [0.3, 0.4) is 0 Å². The van der Waals surface area contributed by atoms with Gasteiger partial charge < -0.3 is 16.0 Å². The largest absolute Gasteiger partial charge is 0.333 e. The van der Waals surface area contributed by atoms with E-state index >= 15 is 0 Å². The topological polar surface area (TPSA) is 88.3 Å². The first kappa shape index (κ1) is 21.8. The molecule has 1 aromatic heterocycles. The molecule has 7 heteroatoms. The molecule has 2 aliphatic rings. The Balaban J connectivity index is 1.49. The van der Waals surface area contributed by atoms with Gasteiger partial charge in [0.25, 0.3) is 5.91 Å². The molecule has 4 rings (SSSR count). The van der Waals surface area contributed by atoms with Crippen LogP contribution in [0.5, 0.6) is 0 Å². The maximum absolute atomic E-state index is 13.4. The van der Waals surface area contributed by atoms with Gasteiger partial charge in [-0.15, -0.1) is 0 Å². The van der Waals surface area contributed by atoms with Gasteiger partial charge in [0.15, 0.2) is 0 Å². The zero-order valence-electron chi connectivity index (χ0n) is 17.8. The predicted molar refractivity (Wildman–Crippen MR) is 122 cm³/mol. The standard InChI is InChI=1S/C24H29ClN4O2/c1-16(30)28-22-8-5-17(14-27-22)23(31)29(20-6-7-20)21-9-11-24(15-26,12-10-21)18-3-2-4-19(25)13-18/h2-5,8,13-14,20-21H,6-7,9-12,15,26H2,1H3,(H,27,28,30). The van der Waals surface area contributed by atoms with E-state index < -0.39 is 0 Å². The Kier molecular flexibility index (Phi) is 6.30. The quantitative estimate of drug-likeness (QED) is 0.706. The Hall–Kier alpha value is -2.44. The lowest BCUT2D eigenvalue weighted by Crippen LogP contribution is -2.48. The lowest BCUT2D eigenvalue weighted by atomic mass is 9.68. The molecule has 1 heterocycles. The number of hydrogen-bond acceptors (Lipinski definition) is 4. The molecule has 3 N–H and O–H groups in total. The summed E-state index contributed by atoms with van der Waals surface area (Å²) < 4.78 is 0. The van der Waals surface area contributed by atoms with Gasteiger partial charge in [-0.1, -0.05) is 23.7 Å². The highest BCUT2D eigenvalue weighted by Gasteiger charge is 2.43. The van der Waals surface area contributed by atoms with Gasteiger partial charge in [0.1, 0.15) is 5.82 Å². The summed E-state index contributed by atoms with van der Waals surface area (Å²) in [5, 5.41) is 3.37. The smallest absolute Gasteiger partial charge is 0.255 e. The van der Waals surface area contributed by atoms with Crippen LogP contribution in [0.2, 0.25) is 5.02 Å². The van der Waals surface area contributed by atoms with Crippen LogP contribution in [-0.2, 0) is 10.2 Å². The van der Waals surface area contributed by atoms with Gasteiger partial charge in [-0.2, -0.15) is 0 Å². The van der Waals surface area contributed by atoms with Crippen LogP contribution in [0.4, 0.5) is 5.82 Å². The van der Waals surface area contributed by atoms with Crippen molar-refractivity contribution in [3.63, 3.8) is 0 Å². The van der Waals surface area contributed by atoms with Crippen LogP contribution in [0.25, 0.3) is 0 Å². The van der Waals surface area contributed by atoms with E-state index in [4.69, 9.17) is 17.3 Å². The number of halogens is 1. The average molecular weight is 441 g/mol. The summed E-state index contributed by atoms with van der Waals surface area (Å²) in [4.78, 5) is 30.9. The highest BCUT2D eigenvalue weighted by atomic mass is 35.5. The fourth-order valence-electron chi connectivity index (χ4n) is 4.77. The highest BCUT2D eigenvalue weighted by Crippen LogP contribution is 2.43. The summed E-state index contributed by atoms with van der Waals surface area (Å²) in [5.41, 5.74) is 7.93. The van der Waals surface area contributed by atoms with Gasteiger partial charge in [0.2, 0.25) is 5.91 Å². The second-order valence-corrected chi connectivity index (χ2v) is 9.22. The van der Waals surface area contributed by atoms with E-state index in [9.17, 15) is 9.59 Å². The van der Waals surface area contributed by atoms with Gasteiger partial charge in [0, 0.05) is 42.2 Å². The van der Waals surface area contributed by atoms with Gasteiger partial charge >= 0.3 is 0 Å². The third-order valence-electron chi connectivity index (χ3n) is 6.62. The Morgan fingerprint density at radius 1 is 1.16 bits per heavy atom. The van der Waals surface area contributed by atoms with Crippen molar-refractivity contribution in [2.75, 3.05) is 11.9 Å². The summed E-state index contributed by atoms with van der Waals surface area (Å²) in [6.07, 6.45) is 7.37. The van der Waals surface area contributed by atoms with E-state index in [1.54, 1.807) is 18.3 Å². The number of nitrogens with two attached hydrogens (primary N) is 1. The Morgan fingerprint density at radius 3 is 2.42 bits per heavy atom. The number of aromatic nitrogens is 1. The zero-order chi connectivity index (χ0) is 22.0. The zero-order valence-corrected chi connectivity index (χ0v) is 18.6. The first-order valence-electron chi connectivity index (χ1n) is 10.9. The van der Waals surface area contributed by atoms with Gasteiger partial charge in [-0.3, -0.25) is 9.59 Å². The summed E-state index contributed by atoms with van der Waals surface area (Å²) in [6, 6.07) is 12.0. The molecule has 31 heavy (non-hydrogen) atoms. The van der Waals surface area contributed by atoms with E-state index in [0.717, 1.165) is 43.5 Å². The van der Waals surface area contributed by atoms with Crippen LogP contribution in [0.1, 0.15) is 61.4 Å². The number of rotatable bonds is 6. The molecular formula is C24H29ClN4O2. The highest BCUT2D eigenvalue weighted by molar-refractivity contribution is 6.30. The van der Waals surface area contributed by atoms with Crippen molar-refractivity contribution in [3.05, 3.63) is 58.7 Å². The monoisotopic (exact) mass is 440 g/mol. The Morgan fingerprint density at radius 2 is 1.87 bits per heavy atom. The molecule has 0 atom stereocenters. The van der Waals surface area contributed by atoms with E-state index in [-0.39, 0.29) is 23.3 Å². The molecule has 2 amide bonds. The second-order valence-electron chi connectivity index (χ2n) is 8.78. The minimum absolute atomic E-state index is 0.0254. The number of amides is 2. The van der Waals surface area contributed by atoms with Gasteiger partial charge in [0.05, 0.1) is 5.56 Å². The molecule has 6 nitrogen and oxygen atoms in total. The molecule has 0 unspecified atom stereocenters.